The number of hydrogen-bond acceptors (Lipinski definition) is 3. The zero-order valence-corrected chi connectivity index (χ0v) is 13.5. The summed E-state index contributed by atoms with van der Waals surface area (Å²) in [6, 6.07) is 8.84. The van der Waals surface area contributed by atoms with E-state index in [9.17, 15) is 4.79 Å². The van der Waals surface area contributed by atoms with Gasteiger partial charge in [-0.15, -0.1) is 11.3 Å². The fourth-order valence-electron chi connectivity index (χ4n) is 2.50. The van der Waals surface area contributed by atoms with Gasteiger partial charge in [-0.3, -0.25) is 4.79 Å². The average molecular weight is 300 g/mol. The Kier molecular flexibility index (Phi) is 3.81. The number of hydrogen-bond donors (Lipinski definition) is 0. The average Bonchev–Trinajstić information content (AvgIpc) is 3.22. The van der Waals surface area contributed by atoms with Gasteiger partial charge in [-0.05, 0) is 39.2 Å². The second-order valence-corrected chi connectivity index (χ2v) is 7.00. The Balaban J connectivity index is 1.83. The summed E-state index contributed by atoms with van der Waals surface area (Å²) in [7, 11) is 0. The Morgan fingerprint density at radius 2 is 1.90 bits per heavy atom. The Bertz CT molecular complexity index is 656. The Labute approximate surface area is 129 Å². The summed E-state index contributed by atoms with van der Waals surface area (Å²) in [5.74, 6) is 0.140. The summed E-state index contributed by atoms with van der Waals surface area (Å²) < 4.78 is 0. The molecule has 1 aliphatic rings. The molecule has 110 valence electrons. The lowest BCUT2D eigenvalue weighted by Gasteiger charge is -2.22. The molecule has 0 atom stereocenters. The molecule has 0 radical (unpaired) electrons. The van der Waals surface area contributed by atoms with Crippen molar-refractivity contribution in [3.63, 3.8) is 0 Å². The normalized spacial score (nSPS) is 14.2. The van der Waals surface area contributed by atoms with Crippen LogP contribution in [0.4, 0.5) is 0 Å². The lowest BCUT2D eigenvalue weighted by Crippen LogP contribution is -2.32. The molecule has 0 unspecified atom stereocenters. The third-order valence-corrected chi connectivity index (χ3v) is 4.88. The van der Waals surface area contributed by atoms with Crippen LogP contribution in [-0.2, 0) is 6.54 Å². The van der Waals surface area contributed by atoms with Crippen LogP contribution in [0.3, 0.4) is 0 Å². The molecule has 1 heterocycles. The fraction of sp³-hybridized carbons (Fsp3) is 0.412. The van der Waals surface area contributed by atoms with E-state index in [1.807, 2.05) is 18.7 Å². The fourth-order valence-corrected chi connectivity index (χ4v) is 3.38. The summed E-state index contributed by atoms with van der Waals surface area (Å²) in [4.78, 5) is 20.0. The molecule has 4 heteroatoms. The van der Waals surface area contributed by atoms with Crippen LogP contribution < -0.4 is 0 Å². The van der Waals surface area contributed by atoms with E-state index in [0.29, 0.717) is 12.6 Å². The van der Waals surface area contributed by atoms with Gasteiger partial charge in [0.05, 0.1) is 10.7 Å². The maximum absolute atomic E-state index is 12.8. The second-order valence-electron chi connectivity index (χ2n) is 5.80. The quantitative estimate of drug-likeness (QED) is 0.858. The van der Waals surface area contributed by atoms with Crippen LogP contribution in [0.2, 0.25) is 0 Å². The Morgan fingerprint density at radius 3 is 2.43 bits per heavy atom. The van der Waals surface area contributed by atoms with Crippen molar-refractivity contribution in [2.75, 3.05) is 0 Å². The van der Waals surface area contributed by atoms with Crippen LogP contribution in [-0.4, -0.2) is 21.8 Å². The molecule has 0 spiro atoms. The molecule has 3 nitrogen and oxygen atoms in total. The van der Waals surface area contributed by atoms with Crippen molar-refractivity contribution in [1.29, 1.82) is 0 Å². The van der Waals surface area contributed by atoms with E-state index >= 15 is 0 Å². The van der Waals surface area contributed by atoms with Crippen molar-refractivity contribution in [2.45, 2.75) is 46.2 Å². The van der Waals surface area contributed by atoms with E-state index in [4.69, 9.17) is 0 Å². The number of nitrogens with zero attached hydrogens (tertiary/aromatic N) is 2. The molecule has 1 aromatic heterocycles. The molecule has 0 bridgehead atoms. The van der Waals surface area contributed by atoms with Gasteiger partial charge in [0.2, 0.25) is 0 Å². The Hall–Kier alpha value is -1.68. The van der Waals surface area contributed by atoms with Gasteiger partial charge >= 0.3 is 0 Å². The predicted molar refractivity (Wildman–Crippen MR) is 85.7 cm³/mol. The highest BCUT2D eigenvalue weighted by Crippen LogP contribution is 2.31. The monoisotopic (exact) mass is 300 g/mol. The molecular weight excluding hydrogens is 280 g/mol. The zero-order valence-electron chi connectivity index (χ0n) is 12.7. The van der Waals surface area contributed by atoms with Gasteiger partial charge in [0, 0.05) is 12.6 Å². The van der Waals surface area contributed by atoms with Crippen molar-refractivity contribution < 1.29 is 4.79 Å². The molecule has 0 aliphatic heterocycles. The van der Waals surface area contributed by atoms with Gasteiger partial charge < -0.3 is 4.90 Å². The largest absolute Gasteiger partial charge is 0.331 e. The number of aromatic nitrogens is 1. The van der Waals surface area contributed by atoms with E-state index in [2.05, 4.69) is 36.2 Å². The summed E-state index contributed by atoms with van der Waals surface area (Å²) in [6.45, 7) is 6.65. The van der Waals surface area contributed by atoms with Gasteiger partial charge in [0.25, 0.3) is 5.91 Å². The number of thiazole rings is 1. The van der Waals surface area contributed by atoms with Crippen molar-refractivity contribution in [3.05, 3.63) is 51.0 Å². The molecule has 1 saturated carbocycles. The minimum Gasteiger partial charge on any atom is -0.331 e. The lowest BCUT2D eigenvalue weighted by molar-refractivity contribution is 0.0734. The van der Waals surface area contributed by atoms with Crippen molar-refractivity contribution in [3.8, 4) is 0 Å². The number of carbonyl (C=O) groups is 1. The van der Waals surface area contributed by atoms with Crippen LogP contribution in [0.25, 0.3) is 0 Å². The topological polar surface area (TPSA) is 33.2 Å². The van der Waals surface area contributed by atoms with Gasteiger partial charge in [-0.2, -0.15) is 0 Å². The SMILES string of the molecule is Cc1ccc(CN(C(=O)c2sc(C)nc2C)C2CC2)cc1. The van der Waals surface area contributed by atoms with Crippen molar-refractivity contribution in [2.24, 2.45) is 0 Å². The molecule has 21 heavy (non-hydrogen) atoms. The van der Waals surface area contributed by atoms with Crippen LogP contribution in [0.15, 0.2) is 24.3 Å². The highest BCUT2D eigenvalue weighted by molar-refractivity contribution is 7.13. The smallest absolute Gasteiger partial charge is 0.266 e. The van der Waals surface area contributed by atoms with E-state index in [1.165, 1.54) is 22.5 Å². The molecule has 0 N–H and O–H groups in total. The highest BCUT2D eigenvalue weighted by Gasteiger charge is 2.34. The van der Waals surface area contributed by atoms with Crippen molar-refractivity contribution in [1.82, 2.24) is 9.88 Å². The number of rotatable bonds is 4. The molecule has 1 fully saturated rings. The van der Waals surface area contributed by atoms with Gasteiger partial charge in [0.1, 0.15) is 4.88 Å². The van der Waals surface area contributed by atoms with E-state index in [0.717, 1.165) is 28.4 Å². The van der Waals surface area contributed by atoms with Gasteiger partial charge in [-0.1, -0.05) is 29.8 Å². The van der Waals surface area contributed by atoms with Crippen LogP contribution in [0.1, 0.15) is 44.3 Å². The molecular formula is C17H20N2OS. The van der Waals surface area contributed by atoms with E-state index in [-0.39, 0.29) is 5.91 Å². The summed E-state index contributed by atoms with van der Waals surface area (Å²) in [6.07, 6.45) is 2.24. The van der Waals surface area contributed by atoms with Gasteiger partial charge in [0.15, 0.2) is 0 Å². The number of aryl methyl sites for hydroxylation is 3. The number of benzene rings is 1. The first-order chi connectivity index (χ1) is 10.0. The maximum Gasteiger partial charge on any atom is 0.266 e. The van der Waals surface area contributed by atoms with E-state index in [1.54, 1.807) is 0 Å². The summed E-state index contributed by atoms with van der Waals surface area (Å²) >= 11 is 1.51. The van der Waals surface area contributed by atoms with E-state index < -0.39 is 0 Å². The molecule has 1 aromatic carbocycles. The maximum atomic E-state index is 12.8. The minimum atomic E-state index is 0.140. The lowest BCUT2D eigenvalue weighted by atomic mass is 10.1. The Morgan fingerprint density at radius 1 is 1.24 bits per heavy atom. The summed E-state index contributed by atoms with van der Waals surface area (Å²) in [5, 5.41) is 0.960. The first-order valence-electron chi connectivity index (χ1n) is 7.35. The number of amides is 1. The third kappa shape index (κ3) is 3.16. The first kappa shape index (κ1) is 14.3. The van der Waals surface area contributed by atoms with Crippen LogP contribution in [0, 0.1) is 20.8 Å². The molecule has 1 aliphatic carbocycles. The first-order valence-corrected chi connectivity index (χ1v) is 8.17. The molecule has 1 amide bonds. The zero-order chi connectivity index (χ0) is 15.0. The summed E-state index contributed by atoms with van der Waals surface area (Å²) in [5.41, 5.74) is 3.30. The van der Waals surface area contributed by atoms with Crippen molar-refractivity contribution >= 4 is 17.2 Å². The standard InChI is InChI=1S/C17H20N2OS/c1-11-4-6-14(7-5-11)10-19(15-8-9-15)17(20)16-12(2)18-13(3)21-16/h4-7,15H,8-10H2,1-3H3. The minimum absolute atomic E-state index is 0.140. The second kappa shape index (κ2) is 5.60. The number of carbonyl (C=O) groups excluding carboxylic acids is 1. The third-order valence-electron chi connectivity index (χ3n) is 3.82. The molecule has 2 aromatic rings. The van der Waals surface area contributed by atoms with Crippen LogP contribution >= 0.6 is 11.3 Å². The van der Waals surface area contributed by atoms with Gasteiger partial charge in [-0.25, -0.2) is 4.98 Å². The molecule has 3 rings (SSSR count). The predicted octanol–water partition coefficient (Wildman–Crippen LogP) is 3.87. The molecule has 0 saturated heterocycles. The highest BCUT2D eigenvalue weighted by atomic mass is 32.1. The van der Waals surface area contributed by atoms with Crippen LogP contribution in [0.5, 0.6) is 0 Å².